The van der Waals surface area contributed by atoms with Crippen molar-refractivity contribution in [2.75, 3.05) is 12.4 Å². The molecule has 0 aliphatic carbocycles. The number of thiophene rings is 1. The van der Waals surface area contributed by atoms with Gasteiger partial charge in [-0.1, -0.05) is 12.1 Å². The van der Waals surface area contributed by atoms with E-state index >= 15 is 0 Å². The van der Waals surface area contributed by atoms with Crippen molar-refractivity contribution < 1.29 is 9.53 Å². The number of amides is 1. The fourth-order valence-electron chi connectivity index (χ4n) is 2.29. The lowest BCUT2D eigenvalue weighted by molar-refractivity contribution is 0.103. The van der Waals surface area contributed by atoms with Crippen LogP contribution < -0.4 is 10.9 Å². The lowest BCUT2D eigenvalue weighted by Gasteiger charge is -2.08. The smallest absolute Gasteiger partial charge is 0.265 e. The predicted octanol–water partition coefficient (Wildman–Crippen LogP) is 2.99. The minimum atomic E-state index is -0.193. The van der Waals surface area contributed by atoms with Gasteiger partial charge in [0.25, 0.3) is 5.91 Å². The Kier molecular flexibility index (Phi) is 4.04. The SMILES string of the molecule is COCc1cc(=O)[nH]c2cc(NC(=O)c3cccs3)ccc12. The van der Waals surface area contributed by atoms with E-state index in [0.717, 1.165) is 10.9 Å². The number of methoxy groups -OCH3 is 1. The van der Waals surface area contributed by atoms with Crippen molar-refractivity contribution in [2.24, 2.45) is 0 Å². The summed E-state index contributed by atoms with van der Waals surface area (Å²) < 4.78 is 5.11. The molecule has 0 fully saturated rings. The minimum absolute atomic E-state index is 0.162. The highest BCUT2D eigenvalue weighted by Crippen LogP contribution is 2.21. The molecule has 22 heavy (non-hydrogen) atoms. The van der Waals surface area contributed by atoms with Gasteiger partial charge >= 0.3 is 0 Å². The van der Waals surface area contributed by atoms with Gasteiger partial charge in [-0.25, -0.2) is 0 Å². The van der Waals surface area contributed by atoms with Crippen molar-refractivity contribution in [3.8, 4) is 0 Å². The third-order valence-electron chi connectivity index (χ3n) is 3.23. The van der Waals surface area contributed by atoms with E-state index in [9.17, 15) is 9.59 Å². The van der Waals surface area contributed by atoms with E-state index < -0.39 is 0 Å². The average Bonchev–Trinajstić information content (AvgIpc) is 3.01. The summed E-state index contributed by atoms with van der Waals surface area (Å²) in [5.41, 5.74) is 1.93. The van der Waals surface area contributed by atoms with Crippen LogP contribution in [0, 0.1) is 0 Å². The monoisotopic (exact) mass is 314 g/mol. The molecule has 0 radical (unpaired) electrons. The van der Waals surface area contributed by atoms with Gasteiger partial charge in [-0.3, -0.25) is 9.59 Å². The molecule has 0 aliphatic rings. The average molecular weight is 314 g/mol. The Morgan fingerprint density at radius 3 is 2.91 bits per heavy atom. The number of pyridine rings is 1. The van der Waals surface area contributed by atoms with Crippen LogP contribution in [0.4, 0.5) is 5.69 Å². The van der Waals surface area contributed by atoms with E-state index in [1.54, 1.807) is 19.2 Å². The summed E-state index contributed by atoms with van der Waals surface area (Å²) in [4.78, 5) is 27.2. The second-order valence-corrected chi connectivity index (χ2v) is 5.73. The van der Waals surface area contributed by atoms with Crippen LogP contribution in [0.2, 0.25) is 0 Å². The van der Waals surface area contributed by atoms with Crippen LogP contribution in [0.5, 0.6) is 0 Å². The summed E-state index contributed by atoms with van der Waals surface area (Å²) in [6.07, 6.45) is 0. The number of H-pyrrole nitrogens is 1. The molecule has 0 spiro atoms. The van der Waals surface area contributed by atoms with Crippen LogP contribution >= 0.6 is 11.3 Å². The molecule has 3 aromatic rings. The zero-order valence-corrected chi connectivity index (χ0v) is 12.7. The number of carbonyl (C=O) groups excluding carboxylic acids is 1. The molecule has 0 aliphatic heterocycles. The number of ether oxygens (including phenoxy) is 1. The molecule has 2 aromatic heterocycles. The van der Waals surface area contributed by atoms with Crippen LogP contribution in [0.15, 0.2) is 46.6 Å². The molecule has 0 unspecified atom stereocenters. The zero-order valence-electron chi connectivity index (χ0n) is 11.9. The van der Waals surface area contributed by atoms with E-state index in [1.807, 2.05) is 23.6 Å². The Hall–Kier alpha value is -2.44. The third kappa shape index (κ3) is 2.93. The number of fused-ring (bicyclic) bond motifs is 1. The van der Waals surface area contributed by atoms with Gasteiger partial charge in [0.05, 0.1) is 17.0 Å². The van der Waals surface area contributed by atoms with Gasteiger partial charge in [0, 0.05) is 24.2 Å². The topological polar surface area (TPSA) is 71.2 Å². The van der Waals surface area contributed by atoms with Crippen LogP contribution in [0.3, 0.4) is 0 Å². The van der Waals surface area contributed by atoms with Gasteiger partial charge in [-0.2, -0.15) is 0 Å². The molecular weight excluding hydrogens is 300 g/mol. The van der Waals surface area contributed by atoms with E-state index in [0.29, 0.717) is 22.7 Å². The largest absolute Gasteiger partial charge is 0.380 e. The Morgan fingerprint density at radius 1 is 1.32 bits per heavy atom. The number of benzene rings is 1. The lowest BCUT2D eigenvalue weighted by atomic mass is 10.1. The fourth-order valence-corrected chi connectivity index (χ4v) is 2.90. The molecule has 2 heterocycles. The van der Waals surface area contributed by atoms with Gasteiger partial charge in [0.2, 0.25) is 5.56 Å². The molecule has 1 aromatic carbocycles. The molecule has 0 saturated heterocycles. The molecule has 1 amide bonds. The second kappa shape index (κ2) is 6.13. The molecule has 0 atom stereocenters. The first-order valence-corrected chi connectivity index (χ1v) is 7.55. The maximum Gasteiger partial charge on any atom is 0.265 e. The minimum Gasteiger partial charge on any atom is -0.380 e. The quantitative estimate of drug-likeness (QED) is 0.777. The molecule has 2 N–H and O–H groups in total. The highest BCUT2D eigenvalue weighted by Gasteiger charge is 2.09. The van der Waals surface area contributed by atoms with E-state index in [1.165, 1.54) is 17.4 Å². The summed E-state index contributed by atoms with van der Waals surface area (Å²) in [6, 6.07) is 10.5. The summed E-state index contributed by atoms with van der Waals surface area (Å²) in [7, 11) is 1.59. The summed E-state index contributed by atoms with van der Waals surface area (Å²) >= 11 is 1.38. The highest BCUT2D eigenvalue weighted by atomic mass is 32.1. The predicted molar refractivity (Wildman–Crippen MR) is 87.6 cm³/mol. The number of aromatic nitrogens is 1. The standard InChI is InChI=1S/C16H14N2O3S/c1-21-9-10-7-15(19)18-13-8-11(4-5-12(10)13)17-16(20)14-3-2-6-22-14/h2-8H,9H2,1H3,(H,17,20)(H,18,19). The number of carbonyl (C=O) groups is 1. The van der Waals surface area contributed by atoms with Crippen LogP contribution in [0.1, 0.15) is 15.2 Å². The summed E-state index contributed by atoms with van der Waals surface area (Å²) in [5, 5.41) is 5.58. The Bertz CT molecular complexity index is 869. The number of hydrogen-bond donors (Lipinski definition) is 2. The van der Waals surface area contributed by atoms with Crippen LogP contribution in [0.25, 0.3) is 10.9 Å². The van der Waals surface area contributed by atoms with E-state index in [-0.39, 0.29) is 11.5 Å². The van der Waals surface area contributed by atoms with E-state index in [4.69, 9.17) is 4.74 Å². The zero-order chi connectivity index (χ0) is 15.5. The number of anilines is 1. The highest BCUT2D eigenvalue weighted by molar-refractivity contribution is 7.12. The summed E-state index contributed by atoms with van der Waals surface area (Å²) in [5.74, 6) is -0.162. The van der Waals surface area contributed by atoms with Gasteiger partial charge in [0.15, 0.2) is 0 Å². The van der Waals surface area contributed by atoms with Crippen LogP contribution in [-0.2, 0) is 11.3 Å². The van der Waals surface area contributed by atoms with Crippen molar-refractivity contribution in [3.63, 3.8) is 0 Å². The maximum absolute atomic E-state index is 12.1. The maximum atomic E-state index is 12.1. The van der Waals surface area contributed by atoms with Crippen LogP contribution in [-0.4, -0.2) is 18.0 Å². The molecule has 0 bridgehead atoms. The van der Waals surface area contributed by atoms with Gasteiger partial charge < -0.3 is 15.0 Å². The van der Waals surface area contributed by atoms with Gasteiger partial charge in [-0.05, 0) is 29.1 Å². The van der Waals surface area contributed by atoms with E-state index in [2.05, 4.69) is 10.3 Å². The van der Waals surface area contributed by atoms with Gasteiger partial charge in [0.1, 0.15) is 0 Å². The first kappa shape index (κ1) is 14.5. The Morgan fingerprint density at radius 2 is 2.18 bits per heavy atom. The molecule has 112 valence electrons. The molecular formula is C16H14N2O3S. The Balaban J connectivity index is 1.96. The first-order chi connectivity index (χ1) is 10.7. The van der Waals surface area contributed by atoms with Crippen molar-refractivity contribution in [1.29, 1.82) is 0 Å². The van der Waals surface area contributed by atoms with Gasteiger partial charge in [-0.15, -0.1) is 11.3 Å². The second-order valence-electron chi connectivity index (χ2n) is 4.78. The van der Waals surface area contributed by atoms with Crippen molar-refractivity contribution in [3.05, 3.63) is 62.6 Å². The fraction of sp³-hybridized carbons (Fsp3) is 0.125. The normalized spacial score (nSPS) is 10.8. The first-order valence-electron chi connectivity index (χ1n) is 6.67. The lowest BCUT2D eigenvalue weighted by Crippen LogP contribution is -2.11. The number of aromatic amines is 1. The summed E-state index contributed by atoms with van der Waals surface area (Å²) in [6.45, 7) is 0.362. The third-order valence-corrected chi connectivity index (χ3v) is 4.10. The molecule has 0 saturated carbocycles. The number of hydrogen-bond acceptors (Lipinski definition) is 4. The van der Waals surface area contributed by atoms with Crippen molar-refractivity contribution in [1.82, 2.24) is 4.98 Å². The number of nitrogens with one attached hydrogen (secondary N) is 2. The van der Waals surface area contributed by atoms with Crippen molar-refractivity contribution >= 4 is 33.8 Å². The number of rotatable bonds is 4. The molecule has 3 rings (SSSR count). The molecule has 5 nitrogen and oxygen atoms in total. The Labute approximate surface area is 130 Å². The molecule has 6 heteroatoms. The van der Waals surface area contributed by atoms with Crippen molar-refractivity contribution in [2.45, 2.75) is 6.61 Å².